The van der Waals surface area contributed by atoms with Crippen molar-refractivity contribution in [3.63, 3.8) is 0 Å². The van der Waals surface area contributed by atoms with Crippen LogP contribution in [0.3, 0.4) is 0 Å². The third-order valence-electron chi connectivity index (χ3n) is 3.13. The first-order chi connectivity index (χ1) is 8.70. The van der Waals surface area contributed by atoms with Crippen LogP contribution in [0.25, 0.3) is 0 Å². The van der Waals surface area contributed by atoms with E-state index in [1.807, 2.05) is 6.20 Å². The van der Waals surface area contributed by atoms with E-state index in [0.29, 0.717) is 11.6 Å². The number of piperazine rings is 1. The van der Waals surface area contributed by atoms with Gasteiger partial charge in [0.1, 0.15) is 6.07 Å². The number of hydrogen-bond acceptors (Lipinski definition) is 4. The average molecular weight is 281 g/mol. The molecule has 0 saturated carbocycles. The van der Waals surface area contributed by atoms with Gasteiger partial charge in [0, 0.05) is 32.4 Å². The summed E-state index contributed by atoms with van der Waals surface area (Å²) in [6, 6.07) is 4.34. The van der Waals surface area contributed by atoms with E-state index in [2.05, 4.69) is 41.2 Å². The molecular formula is C14H21ClN4. The predicted molar refractivity (Wildman–Crippen MR) is 79.8 cm³/mol. The lowest BCUT2D eigenvalue weighted by atomic mass is 10.0. The van der Waals surface area contributed by atoms with Crippen molar-refractivity contribution >= 4 is 18.1 Å². The lowest BCUT2D eigenvalue weighted by Gasteiger charge is -2.30. The van der Waals surface area contributed by atoms with Gasteiger partial charge >= 0.3 is 0 Å². The van der Waals surface area contributed by atoms with Gasteiger partial charge in [-0.05, 0) is 24.0 Å². The van der Waals surface area contributed by atoms with Gasteiger partial charge in [-0.15, -0.1) is 12.4 Å². The van der Waals surface area contributed by atoms with Crippen LogP contribution in [0, 0.1) is 17.2 Å². The summed E-state index contributed by atoms with van der Waals surface area (Å²) < 4.78 is 0. The molecule has 1 aromatic heterocycles. The van der Waals surface area contributed by atoms with E-state index in [9.17, 15) is 0 Å². The number of anilines is 1. The van der Waals surface area contributed by atoms with Gasteiger partial charge in [-0.3, -0.25) is 0 Å². The number of aromatic nitrogens is 1. The summed E-state index contributed by atoms with van der Waals surface area (Å²) in [4.78, 5) is 6.56. The van der Waals surface area contributed by atoms with Crippen molar-refractivity contribution < 1.29 is 0 Å². The zero-order valence-electron chi connectivity index (χ0n) is 11.5. The van der Waals surface area contributed by atoms with Gasteiger partial charge in [0.25, 0.3) is 0 Å². The van der Waals surface area contributed by atoms with Crippen LogP contribution < -0.4 is 10.2 Å². The van der Waals surface area contributed by atoms with Crippen molar-refractivity contribution in [1.82, 2.24) is 10.3 Å². The zero-order chi connectivity index (χ0) is 13.0. The second kappa shape index (κ2) is 7.32. The summed E-state index contributed by atoms with van der Waals surface area (Å²) in [5.74, 6) is 0.607. The van der Waals surface area contributed by atoms with Crippen LogP contribution in [0.5, 0.6) is 0 Å². The smallest absolute Gasteiger partial charge is 0.163 e. The highest BCUT2D eigenvalue weighted by atomic mass is 35.5. The predicted octanol–water partition coefficient (Wildman–Crippen LogP) is 1.98. The second-order valence-electron chi connectivity index (χ2n) is 5.16. The number of nitrogens with zero attached hydrogens (tertiary/aromatic N) is 3. The van der Waals surface area contributed by atoms with Crippen LogP contribution in [-0.2, 0) is 6.42 Å². The monoisotopic (exact) mass is 280 g/mol. The van der Waals surface area contributed by atoms with Crippen molar-refractivity contribution in [2.24, 2.45) is 5.92 Å². The van der Waals surface area contributed by atoms with E-state index < -0.39 is 0 Å². The summed E-state index contributed by atoms with van der Waals surface area (Å²) in [7, 11) is 0. The average Bonchev–Trinajstić information content (AvgIpc) is 2.39. The van der Waals surface area contributed by atoms with E-state index in [0.717, 1.165) is 38.3 Å². The van der Waals surface area contributed by atoms with Gasteiger partial charge in [0.15, 0.2) is 5.69 Å². The number of nitriles is 1. The van der Waals surface area contributed by atoms with Gasteiger partial charge in [0.2, 0.25) is 0 Å². The molecule has 0 atom stereocenters. The molecule has 0 aliphatic carbocycles. The van der Waals surface area contributed by atoms with Gasteiger partial charge in [-0.1, -0.05) is 13.8 Å². The quantitative estimate of drug-likeness (QED) is 0.920. The van der Waals surface area contributed by atoms with E-state index in [4.69, 9.17) is 5.26 Å². The van der Waals surface area contributed by atoms with Crippen molar-refractivity contribution in [1.29, 1.82) is 5.26 Å². The standard InChI is InChI=1S/C14H20N4.ClH/c1-11(2)7-12-8-14(13(9-15)17-10-12)18-5-3-16-4-6-18;/h8,10-11,16H,3-7H2,1-2H3;1H. The van der Waals surface area contributed by atoms with Crippen molar-refractivity contribution in [2.45, 2.75) is 20.3 Å². The molecule has 5 heteroatoms. The summed E-state index contributed by atoms with van der Waals surface area (Å²) in [6.45, 7) is 8.23. The minimum atomic E-state index is 0. The van der Waals surface area contributed by atoms with Crippen molar-refractivity contribution in [2.75, 3.05) is 31.1 Å². The Bertz CT molecular complexity index is 447. The first kappa shape index (κ1) is 15.7. The molecule has 1 aromatic rings. The molecular weight excluding hydrogens is 260 g/mol. The van der Waals surface area contributed by atoms with E-state index in [1.54, 1.807) is 0 Å². The molecule has 4 nitrogen and oxygen atoms in total. The van der Waals surface area contributed by atoms with E-state index >= 15 is 0 Å². The first-order valence-corrected chi connectivity index (χ1v) is 6.55. The summed E-state index contributed by atoms with van der Waals surface area (Å²) in [5, 5.41) is 12.5. The molecule has 1 saturated heterocycles. The maximum Gasteiger partial charge on any atom is 0.163 e. The van der Waals surface area contributed by atoms with Crippen LogP contribution in [0.1, 0.15) is 25.1 Å². The van der Waals surface area contributed by atoms with Gasteiger partial charge in [-0.2, -0.15) is 5.26 Å². The van der Waals surface area contributed by atoms with Gasteiger partial charge in [0.05, 0.1) is 5.69 Å². The SMILES string of the molecule is CC(C)Cc1cnc(C#N)c(N2CCNCC2)c1.Cl. The Labute approximate surface area is 121 Å². The number of rotatable bonds is 3. The van der Waals surface area contributed by atoms with Gasteiger partial charge in [-0.25, -0.2) is 4.98 Å². The number of pyridine rings is 1. The highest BCUT2D eigenvalue weighted by Crippen LogP contribution is 2.21. The van der Waals surface area contributed by atoms with Crippen LogP contribution in [0.4, 0.5) is 5.69 Å². The molecule has 1 fully saturated rings. The molecule has 1 aliphatic heterocycles. The molecule has 0 bridgehead atoms. The number of nitrogens with one attached hydrogen (secondary N) is 1. The molecule has 1 N–H and O–H groups in total. The fraction of sp³-hybridized carbons (Fsp3) is 0.571. The molecule has 0 spiro atoms. The highest BCUT2D eigenvalue weighted by molar-refractivity contribution is 5.85. The third kappa shape index (κ3) is 4.09. The molecule has 2 heterocycles. The number of halogens is 1. The summed E-state index contributed by atoms with van der Waals surface area (Å²) in [6.07, 6.45) is 2.85. The molecule has 19 heavy (non-hydrogen) atoms. The van der Waals surface area contributed by atoms with Crippen LogP contribution in [0.2, 0.25) is 0 Å². The van der Waals surface area contributed by atoms with E-state index in [1.165, 1.54) is 5.56 Å². The molecule has 1 aliphatic rings. The number of hydrogen-bond donors (Lipinski definition) is 1. The van der Waals surface area contributed by atoms with Crippen LogP contribution >= 0.6 is 12.4 Å². The topological polar surface area (TPSA) is 52.0 Å². The van der Waals surface area contributed by atoms with Gasteiger partial charge < -0.3 is 10.2 Å². The van der Waals surface area contributed by atoms with Crippen molar-refractivity contribution in [3.05, 3.63) is 23.5 Å². The molecule has 104 valence electrons. The maximum absolute atomic E-state index is 9.17. The minimum absolute atomic E-state index is 0. The lowest BCUT2D eigenvalue weighted by Crippen LogP contribution is -2.44. The van der Waals surface area contributed by atoms with Crippen LogP contribution in [-0.4, -0.2) is 31.2 Å². The summed E-state index contributed by atoms with van der Waals surface area (Å²) >= 11 is 0. The molecule has 0 unspecified atom stereocenters. The highest BCUT2D eigenvalue weighted by Gasteiger charge is 2.16. The fourth-order valence-electron chi connectivity index (χ4n) is 2.31. The Kier molecular flexibility index (Phi) is 6.07. The largest absolute Gasteiger partial charge is 0.367 e. The Morgan fingerprint density at radius 3 is 2.68 bits per heavy atom. The zero-order valence-corrected chi connectivity index (χ0v) is 12.3. The minimum Gasteiger partial charge on any atom is -0.367 e. The Morgan fingerprint density at radius 2 is 2.11 bits per heavy atom. The molecule has 0 aromatic carbocycles. The normalized spacial score (nSPS) is 14.9. The molecule has 0 radical (unpaired) electrons. The Hall–Kier alpha value is -1.31. The lowest BCUT2D eigenvalue weighted by molar-refractivity contribution is 0.587. The Morgan fingerprint density at radius 1 is 1.42 bits per heavy atom. The third-order valence-corrected chi connectivity index (χ3v) is 3.13. The van der Waals surface area contributed by atoms with Crippen molar-refractivity contribution in [3.8, 4) is 6.07 Å². The van der Waals surface area contributed by atoms with Crippen LogP contribution in [0.15, 0.2) is 12.3 Å². The second-order valence-corrected chi connectivity index (χ2v) is 5.16. The van der Waals surface area contributed by atoms with E-state index in [-0.39, 0.29) is 12.4 Å². The molecule has 2 rings (SSSR count). The first-order valence-electron chi connectivity index (χ1n) is 6.55. The fourth-order valence-corrected chi connectivity index (χ4v) is 2.31. The summed E-state index contributed by atoms with van der Waals surface area (Å²) in [5.41, 5.74) is 2.76. The molecule has 0 amide bonds. The Balaban J connectivity index is 0.00000180. The maximum atomic E-state index is 9.17.